The van der Waals surface area contributed by atoms with E-state index in [4.69, 9.17) is 5.73 Å². The third kappa shape index (κ3) is 5.15. The molecule has 1 aliphatic carbocycles. The van der Waals surface area contributed by atoms with Crippen LogP contribution in [0.4, 0.5) is 0 Å². The molecule has 1 aromatic carbocycles. The van der Waals surface area contributed by atoms with Crippen molar-refractivity contribution in [2.45, 2.75) is 57.8 Å². The number of hydrogen-bond donors (Lipinski definition) is 1. The first-order chi connectivity index (χ1) is 15.1. The van der Waals surface area contributed by atoms with Gasteiger partial charge in [0.2, 0.25) is 11.8 Å². The van der Waals surface area contributed by atoms with Crippen LogP contribution in [0.25, 0.3) is 11.1 Å². The van der Waals surface area contributed by atoms with Crippen molar-refractivity contribution in [3.63, 3.8) is 0 Å². The van der Waals surface area contributed by atoms with Crippen LogP contribution in [-0.4, -0.2) is 34.8 Å². The van der Waals surface area contributed by atoms with E-state index < -0.39 is 5.41 Å². The highest BCUT2D eigenvalue weighted by molar-refractivity contribution is 5.83. The Balaban J connectivity index is 1.47. The molecule has 0 unspecified atom stereocenters. The topological polar surface area (TPSA) is 76.3 Å². The normalized spacial score (nSPS) is 21.9. The fourth-order valence-electron chi connectivity index (χ4n) is 5.35. The summed E-state index contributed by atoms with van der Waals surface area (Å²) in [5.74, 6) is 0.582. The lowest BCUT2D eigenvalue weighted by molar-refractivity contribution is -0.140. The number of primary amides is 1. The molecule has 1 aliphatic heterocycles. The zero-order valence-electron chi connectivity index (χ0n) is 18.3. The Morgan fingerprint density at radius 2 is 1.90 bits per heavy atom. The Morgan fingerprint density at radius 3 is 2.65 bits per heavy atom. The molecule has 1 saturated heterocycles. The molecule has 2 aliphatic rings. The minimum atomic E-state index is -0.700. The van der Waals surface area contributed by atoms with Crippen molar-refractivity contribution in [2.75, 3.05) is 13.1 Å². The summed E-state index contributed by atoms with van der Waals surface area (Å²) in [7, 11) is 0. The highest BCUT2D eigenvalue weighted by Gasteiger charge is 2.42. The van der Waals surface area contributed by atoms with E-state index in [0.717, 1.165) is 42.5 Å². The van der Waals surface area contributed by atoms with Crippen molar-refractivity contribution in [1.82, 2.24) is 9.88 Å². The first-order valence-corrected chi connectivity index (χ1v) is 11.6. The second-order valence-electron chi connectivity index (χ2n) is 9.37. The van der Waals surface area contributed by atoms with Crippen LogP contribution >= 0.6 is 0 Å². The number of likely N-dealkylation sites (tertiary alicyclic amines) is 1. The van der Waals surface area contributed by atoms with E-state index in [1.165, 1.54) is 25.7 Å². The van der Waals surface area contributed by atoms with Crippen LogP contribution in [0, 0.1) is 11.3 Å². The van der Waals surface area contributed by atoms with Gasteiger partial charge in [-0.2, -0.15) is 0 Å². The molecule has 2 aromatic rings. The number of hydrogen-bond acceptors (Lipinski definition) is 3. The van der Waals surface area contributed by atoms with Crippen molar-refractivity contribution < 1.29 is 9.59 Å². The average Bonchev–Trinajstić information content (AvgIpc) is 3.32. The number of benzene rings is 1. The maximum absolute atomic E-state index is 12.9. The second kappa shape index (κ2) is 9.63. The molecule has 5 nitrogen and oxygen atoms in total. The molecule has 2 N–H and O–H groups in total. The number of nitrogens with zero attached hydrogens (tertiary/aromatic N) is 2. The molecule has 164 valence electrons. The summed E-state index contributed by atoms with van der Waals surface area (Å²) < 4.78 is 0. The standard InChI is InChI=1S/C26H33N3O2/c27-25(31)26(17-21-8-3-9-22(16-21)23-10-4-14-28-18-23)13-5-15-29(19-26)24(30)12-11-20-6-1-2-7-20/h3-4,8-10,14,16,18,20H,1-2,5-7,11-13,15,17,19H2,(H2,27,31)/t26-/m0/s1. The second-order valence-corrected chi connectivity index (χ2v) is 9.37. The van der Waals surface area contributed by atoms with Gasteiger partial charge in [0.1, 0.15) is 0 Å². The van der Waals surface area contributed by atoms with E-state index in [1.54, 1.807) is 6.20 Å². The SMILES string of the molecule is NC(=O)[C@]1(Cc2cccc(-c3cccnc3)c2)CCCN(C(=O)CCC2CCCC2)C1. The Kier molecular flexibility index (Phi) is 6.69. The van der Waals surface area contributed by atoms with E-state index in [1.807, 2.05) is 35.4 Å². The zero-order valence-corrected chi connectivity index (χ0v) is 18.3. The minimum Gasteiger partial charge on any atom is -0.369 e. The third-order valence-corrected chi connectivity index (χ3v) is 7.16. The first kappa shape index (κ1) is 21.5. The highest BCUT2D eigenvalue weighted by atomic mass is 16.2. The molecule has 0 radical (unpaired) electrons. The molecule has 31 heavy (non-hydrogen) atoms. The summed E-state index contributed by atoms with van der Waals surface area (Å²) in [5, 5.41) is 0. The Morgan fingerprint density at radius 1 is 1.10 bits per heavy atom. The maximum Gasteiger partial charge on any atom is 0.225 e. The van der Waals surface area contributed by atoms with Crippen LogP contribution in [0.15, 0.2) is 48.8 Å². The molecule has 5 heteroatoms. The molecular weight excluding hydrogens is 386 g/mol. The van der Waals surface area contributed by atoms with Gasteiger partial charge in [0.15, 0.2) is 0 Å². The number of aromatic nitrogens is 1. The molecule has 2 amide bonds. The zero-order chi connectivity index (χ0) is 21.7. The fourth-order valence-corrected chi connectivity index (χ4v) is 5.35. The van der Waals surface area contributed by atoms with Crippen LogP contribution in [0.1, 0.15) is 56.9 Å². The molecule has 2 heterocycles. The number of rotatable bonds is 7. The monoisotopic (exact) mass is 419 g/mol. The van der Waals surface area contributed by atoms with Crippen molar-refractivity contribution in [1.29, 1.82) is 0 Å². The Labute approximate surface area is 185 Å². The Bertz CT molecular complexity index is 908. The molecule has 2 fully saturated rings. The van der Waals surface area contributed by atoms with Gasteiger partial charge in [-0.1, -0.05) is 56.0 Å². The number of nitrogens with two attached hydrogens (primary N) is 1. The van der Waals surface area contributed by atoms with Crippen molar-refractivity contribution in [3.8, 4) is 11.1 Å². The van der Waals surface area contributed by atoms with Gasteiger partial charge in [0.25, 0.3) is 0 Å². The van der Waals surface area contributed by atoms with Gasteiger partial charge in [-0.25, -0.2) is 0 Å². The molecule has 1 saturated carbocycles. The van der Waals surface area contributed by atoms with Crippen molar-refractivity contribution >= 4 is 11.8 Å². The minimum absolute atomic E-state index is 0.182. The van der Waals surface area contributed by atoms with E-state index >= 15 is 0 Å². The smallest absolute Gasteiger partial charge is 0.225 e. The molecule has 4 rings (SSSR count). The lowest BCUT2D eigenvalue weighted by atomic mass is 9.74. The third-order valence-electron chi connectivity index (χ3n) is 7.16. The highest BCUT2D eigenvalue weighted by Crippen LogP contribution is 2.35. The van der Waals surface area contributed by atoms with E-state index in [2.05, 4.69) is 17.1 Å². The van der Waals surface area contributed by atoms with Crippen LogP contribution in [0.2, 0.25) is 0 Å². The molecule has 0 bridgehead atoms. The van der Waals surface area contributed by atoms with Gasteiger partial charge in [-0.15, -0.1) is 0 Å². The molecular formula is C26H33N3O2. The quantitative estimate of drug-likeness (QED) is 0.725. The van der Waals surface area contributed by atoms with E-state index in [-0.39, 0.29) is 11.8 Å². The summed E-state index contributed by atoms with van der Waals surface area (Å²) in [4.78, 5) is 31.7. The number of carbonyl (C=O) groups excluding carboxylic acids is 2. The summed E-state index contributed by atoms with van der Waals surface area (Å²) in [6, 6.07) is 12.2. The van der Waals surface area contributed by atoms with Gasteiger partial charge in [0.05, 0.1) is 5.41 Å². The predicted molar refractivity (Wildman–Crippen MR) is 122 cm³/mol. The number of carbonyl (C=O) groups is 2. The average molecular weight is 420 g/mol. The van der Waals surface area contributed by atoms with Crippen LogP contribution in [-0.2, 0) is 16.0 Å². The fraction of sp³-hybridized carbons (Fsp3) is 0.500. The maximum atomic E-state index is 12.9. The van der Waals surface area contributed by atoms with E-state index in [0.29, 0.717) is 25.3 Å². The van der Waals surface area contributed by atoms with Crippen molar-refractivity contribution in [2.24, 2.45) is 17.1 Å². The largest absolute Gasteiger partial charge is 0.369 e. The van der Waals surface area contributed by atoms with E-state index in [9.17, 15) is 9.59 Å². The van der Waals surface area contributed by atoms with Gasteiger partial charge < -0.3 is 10.6 Å². The van der Waals surface area contributed by atoms with Gasteiger partial charge >= 0.3 is 0 Å². The van der Waals surface area contributed by atoms with Crippen LogP contribution < -0.4 is 5.73 Å². The van der Waals surface area contributed by atoms with Crippen molar-refractivity contribution in [3.05, 3.63) is 54.4 Å². The lowest BCUT2D eigenvalue weighted by Gasteiger charge is -2.41. The number of amides is 2. The van der Waals surface area contributed by atoms with Gasteiger partial charge in [-0.3, -0.25) is 14.6 Å². The first-order valence-electron chi connectivity index (χ1n) is 11.6. The lowest BCUT2D eigenvalue weighted by Crippen LogP contribution is -2.53. The Hall–Kier alpha value is -2.69. The summed E-state index contributed by atoms with van der Waals surface area (Å²) in [6.07, 6.45) is 12.4. The van der Waals surface area contributed by atoms with Crippen LogP contribution in [0.5, 0.6) is 0 Å². The molecule has 1 atom stereocenters. The molecule has 0 spiro atoms. The molecule has 1 aromatic heterocycles. The summed E-state index contributed by atoms with van der Waals surface area (Å²) >= 11 is 0. The number of pyridine rings is 1. The number of piperidine rings is 1. The summed E-state index contributed by atoms with van der Waals surface area (Å²) in [5.41, 5.74) is 8.44. The van der Waals surface area contributed by atoms with Crippen LogP contribution in [0.3, 0.4) is 0 Å². The van der Waals surface area contributed by atoms with Gasteiger partial charge in [0, 0.05) is 31.9 Å². The predicted octanol–water partition coefficient (Wildman–Crippen LogP) is 4.36. The summed E-state index contributed by atoms with van der Waals surface area (Å²) in [6.45, 7) is 1.16. The van der Waals surface area contributed by atoms with Gasteiger partial charge in [-0.05, 0) is 54.4 Å².